The van der Waals surface area contributed by atoms with Gasteiger partial charge in [-0.1, -0.05) is 19.3 Å². The number of nitrogens with zero attached hydrogens (tertiary/aromatic N) is 1. The Morgan fingerprint density at radius 2 is 2.00 bits per heavy atom. The summed E-state index contributed by atoms with van der Waals surface area (Å²) in [6, 6.07) is 0.467. The predicted octanol–water partition coefficient (Wildman–Crippen LogP) is -0.00650. The van der Waals surface area contributed by atoms with Gasteiger partial charge >= 0.3 is 0 Å². The second-order valence-electron chi connectivity index (χ2n) is 4.42. The first-order valence-corrected chi connectivity index (χ1v) is 6.28. The molecule has 0 spiro atoms. The molecule has 1 aliphatic rings. The van der Waals surface area contributed by atoms with Crippen molar-refractivity contribution in [3.8, 4) is 0 Å². The lowest BCUT2D eigenvalue weighted by Crippen LogP contribution is -2.47. The number of hydrogen-bond acceptors (Lipinski definition) is 3. The number of aliphatic imine (C=N–C) groups is 1. The highest BCUT2D eigenvalue weighted by atomic mass is 16.1. The summed E-state index contributed by atoms with van der Waals surface area (Å²) < 4.78 is 0. The highest BCUT2D eigenvalue weighted by Gasteiger charge is 2.13. The van der Waals surface area contributed by atoms with Crippen molar-refractivity contribution < 1.29 is 4.79 Å². The summed E-state index contributed by atoms with van der Waals surface area (Å²) in [7, 11) is 0. The van der Waals surface area contributed by atoms with Crippen LogP contribution in [0, 0.1) is 0 Å². The maximum absolute atomic E-state index is 10.5. The molecule has 0 atom stereocenters. The molecule has 0 heterocycles. The van der Waals surface area contributed by atoms with Crippen LogP contribution < -0.4 is 22.3 Å². The zero-order chi connectivity index (χ0) is 12.5. The Morgan fingerprint density at radius 1 is 1.29 bits per heavy atom. The SMILES string of the molecule is NNC(=NCCCC(N)=O)NC1CCCCC1. The zero-order valence-electron chi connectivity index (χ0n) is 10.2. The summed E-state index contributed by atoms with van der Waals surface area (Å²) in [6.45, 7) is 0.558. The maximum Gasteiger partial charge on any atom is 0.217 e. The number of carbonyl (C=O) groups excluding carboxylic acids is 1. The molecule has 0 unspecified atom stereocenters. The molecule has 17 heavy (non-hydrogen) atoms. The van der Waals surface area contributed by atoms with Crippen molar-refractivity contribution in [1.29, 1.82) is 0 Å². The number of carbonyl (C=O) groups is 1. The van der Waals surface area contributed by atoms with Gasteiger partial charge in [0.15, 0.2) is 0 Å². The van der Waals surface area contributed by atoms with E-state index in [1.165, 1.54) is 32.1 Å². The molecule has 0 aromatic heterocycles. The third-order valence-electron chi connectivity index (χ3n) is 2.93. The lowest BCUT2D eigenvalue weighted by molar-refractivity contribution is -0.118. The molecular formula is C11H23N5O. The summed E-state index contributed by atoms with van der Waals surface area (Å²) >= 11 is 0. The van der Waals surface area contributed by atoms with Crippen LogP contribution in [0.5, 0.6) is 0 Å². The molecule has 6 heteroatoms. The van der Waals surface area contributed by atoms with Crippen LogP contribution in [0.2, 0.25) is 0 Å². The third kappa shape index (κ3) is 6.11. The first-order valence-electron chi connectivity index (χ1n) is 6.28. The van der Waals surface area contributed by atoms with Crippen LogP contribution >= 0.6 is 0 Å². The van der Waals surface area contributed by atoms with Gasteiger partial charge in [-0.15, -0.1) is 0 Å². The van der Waals surface area contributed by atoms with Gasteiger partial charge in [0, 0.05) is 19.0 Å². The van der Waals surface area contributed by atoms with Crippen molar-refractivity contribution in [2.45, 2.75) is 51.0 Å². The molecule has 1 fully saturated rings. The van der Waals surface area contributed by atoms with Crippen molar-refractivity contribution in [2.75, 3.05) is 6.54 Å². The van der Waals surface area contributed by atoms with Crippen molar-refractivity contribution in [3.05, 3.63) is 0 Å². The normalized spacial score (nSPS) is 17.8. The Bertz CT molecular complexity index is 261. The summed E-state index contributed by atoms with van der Waals surface area (Å²) in [4.78, 5) is 14.8. The molecular weight excluding hydrogens is 218 g/mol. The van der Waals surface area contributed by atoms with Gasteiger partial charge in [-0.2, -0.15) is 0 Å². The number of hydrazine groups is 1. The Kier molecular flexibility index (Phi) is 6.39. The minimum atomic E-state index is -0.289. The fourth-order valence-electron chi connectivity index (χ4n) is 2.02. The van der Waals surface area contributed by atoms with Crippen LogP contribution in [0.3, 0.4) is 0 Å². The smallest absolute Gasteiger partial charge is 0.217 e. The topological polar surface area (TPSA) is 106 Å². The van der Waals surface area contributed by atoms with E-state index in [0.29, 0.717) is 31.4 Å². The minimum absolute atomic E-state index is 0.289. The third-order valence-corrected chi connectivity index (χ3v) is 2.93. The number of nitrogens with one attached hydrogen (secondary N) is 2. The molecule has 0 aliphatic heterocycles. The molecule has 1 saturated carbocycles. The summed E-state index contributed by atoms with van der Waals surface area (Å²) in [5, 5.41) is 3.29. The molecule has 6 N–H and O–H groups in total. The first-order chi connectivity index (χ1) is 8.22. The molecule has 0 aromatic carbocycles. The first kappa shape index (κ1) is 13.8. The monoisotopic (exact) mass is 241 g/mol. The average Bonchev–Trinajstić information content (AvgIpc) is 2.34. The highest BCUT2D eigenvalue weighted by molar-refractivity contribution is 5.79. The number of hydrogen-bond donors (Lipinski definition) is 4. The van der Waals surface area contributed by atoms with Crippen molar-refractivity contribution in [3.63, 3.8) is 0 Å². The second-order valence-corrected chi connectivity index (χ2v) is 4.42. The largest absolute Gasteiger partial charge is 0.370 e. The lowest BCUT2D eigenvalue weighted by Gasteiger charge is -2.24. The van der Waals surface area contributed by atoms with Crippen LogP contribution in [0.25, 0.3) is 0 Å². The lowest BCUT2D eigenvalue weighted by atomic mass is 9.96. The van der Waals surface area contributed by atoms with Gasteiger partial charge in [-0.3, -0.25) is 15.2 Å². The van der Waals surface area contributed by atoms with Crippen LogP contribution in [0.15, 0.2) is 4.99 Å². The van der Waals surface area contributed by atoms with E-state index in [0.717, 1.165) is 0 Å². The van der Waals surface area contributed by atoms with Gasteiger partial charge in [-0.25, -0.2) is 5.84 Å². The van der Waals surface area contributed by atoms with Crippen LogP contribution in [0.4, 0.5) is 0 Å². The summed E-state index contributed by atoms with van der Waals surface area (Å²) in [5.41, 5.74) is 7.61. The van der Waals surface area contributed by atoms with Gasteiger partial charge in [0.25, 0.3) is 0 Å². The standard InChI is InChI=1S/C11H23N5O/c12-10(17)7-4-8-14-11(16-13)15-9-5-2-1-3-6-9/h9H,1-8,13H2,(H2,12,17)(H2,14,15,16). The van der Waals surface area contributed by atoms with Crippen molar-refractivity contribution in [2.24, 2.45) is 16.6 Å². The van der Waals surface area contributed by atoms with Crippen LogP contribution in [0.1, 0.15) is 44.9 Å². The number of rotatable bonds is 5. The number of guanidine groups is 1. The summed E-state index contributed by atoms with van der Waals surface area (Å²) in [6.07, 6.45) is 7.20. The number of nitrogens with two attached hydrogens (primary N) is 2. The Morgan fingerprint density at radius 3 is 2.59 bits per heavy atom. The van der Waals surface area contributed by atoms with E-state index < -0.39 is 0 Å². The van der Waals surface area contributed by atoms with E-state index >= 15 is 0 Å². The summed E-state index contributed by atoms with van der Waals surface area (Å²) in [5.74, 6) is 5.72. The van der Waals surface area contributed by atoms with E-state index in [1.807, 2.05) is 0 Å². The second kappa shape index (κ2) is 7.89. The maximum atomic E-state index is 10.5. The molecule has 0 aromatic rings. The van der Waals surface area contributed by atoms with Gasteiger partial charge in [0.1, 0.15) is 0 Å². The average molecular weight is 241 g/mol. The molecule has 98 valence electrons. The molecule has 0 saturated heterocycles. The highest BCUT2D eigenvalue weighted by Crippen LogP contribution is 2.17. The van der Waals surface area contributed by atoms with Gasteiger partial charge in [0.05, 0.1) is 0 Å². The molecule has 1 rings (SSSR count). The van der Waals surface area contributed by atoms with Gasteiger partial charge < -0.3 is 11.1 Å². The predicted molar refractivity (Wildman–Crippen MR) is 68.1 cm³/mol. The molecule has 1 amide bonds. The Balaban J connectivity index is 2.25. The minimum Gasteiger partial charge on any atom is -0.370 e. The molecule has 6 nitrogen and oxygen atoms in total. The fourth-order valence-corrected chi connectivity index (χ4v) is 2.02. The molecule has 0 bridgehead atoms. The quantitative estimate of drug-likeness (QED) is 0.179. The van der Waals surface area contributed by atoms with Gasteiger partial charge in [0.2, 0.25) is 11.9 Å². The number of primary amides is 1. The fraction of sp³-hybridized carbons (Fsp3) is 0.818. The van der Waals surface area contributed by atoms with Crippen LogP contribution in [-0.2, 0) is 4.79 Å². The van der Waals surface area contributed by atoms with Crippen molar-refractivity contribution >= 4 is 11.9 Å². The van der Waals surface area contributed by atoms with E-state index in [9.17, 15) is 4.79 Å². The van der Waals surface area contributed by atoms with E-state index in [4.69, 9.17) is 11.6 Å². The zero-order valence-corrected chi connectivity index (χ0v) is 10.2. The Hall–Kier alpha value is -1.30. The molecule has 0 radical (unpaired) electrons. The van der Waals surface area contributed by atoms with E-state index in [-0.39, 0.29) is 5.91 Å². The van der Waals surface area contributed by atoms with E-state index in [2.05, 4.69) is 15.7 Å². The van der Waals surface area contributed by atoms with Crippen molar-refractivity contribution in [1.82, 2.24) is 10.7 Å². The van der Waals surface area contributed by atoms with Crippen LogP contribution in [-0.4, -0.2) is 24.5 Å². The molecule has 1 aliphatic carbocycles. The number of amides is 1. The Labute approximate surface area is 102 Å². The van der Waals surface area contributed by atoms with E-state index in [1.54, 1.807) is 0 Å². The van der Waals surface area contributed by atoms with Gasteiger partial charge in [-0.05, 0) is 19.3 Å².